The summed E-state index contributed by atoms with van der Waals surface area (Å²) < 4.78 is 101. The van der Waals surface area contributed by atoms with E-state index < -0.39 is 70.4 Å². The van der Waals surface area contributed by atoms with Gasteiger partial charge in [-0.3, -0.25) is 4.79 Å². The Morgan fingerprint density at radius 3 is 2.17 bits per heavy atom. The van der Waals surface area contributed by atoms with Crippen LogP contribution >= 0.6 is 0 Å². The molecule has 1 unspecified atom stereocenters. The summed E-state index contributed by atoms with van der Waals surface area (Å²) in [5, 5.41) is 2.76. The van der Waals surface area contributed by atoms with Gasteiger partial charge in [0.05, 0.1) is 28.2 Å². The zero-order chi connectivity index (χ0) is 35.5. The molecule has 1 aliphatic rings. The highest BCUT2D eigenvalue weighted by atomic mass is 19.4. The summed E-state index contributed by atoms with van der Waals surface area (Å²) >= 11 is 0. The van der Waals surface area contributed by atoms with Crippen molar-refractivity contribution in [2.45, 2.75) is 75.6 Å². The molecule has 0 aliphatic carbocycles. The Labute approximate surface area is 272 Å². The van der Waals surface area contributed by atoms with Crippen molar-refractivity contribution in [3.8, 4) is 0 Å². The first-order chi connectivity index (χ1) is 22.3. The van der Waals surface area contributed by atoms with E-state index in [2.05, 4.69) is 5.32 Å². The highest BCUT2D eigenvalue weighted by molar-refractivity contribution is 5.87. The fraction of sp³-hybridized carbons (Fsp3) is 0.382. The predicted molar refractivity (Wildman–Crippen MR) is 161 cm³/mol. The van der Waals surface area contributed by atoms with Gasteiger partial charge in [0.1, 0.15) is 18.7 Å². The quantitative estimate of drug-likeness (QED) is 0.186. The Bertz CT molecular complexity index is 1610. The SMILES string of the molecule is Cc1cc(F)ccc1[C@H]1C[C@@](CC=O)(NC(=O)OCc2ccccc2)CCN1C(=O)C(C)(N)Cc1cc(C(F)(F)F)cc(C(F)(F)F)c1. The lowest BCUT2D eigenvalue weighted by atomic mass is 9.77. The summed E-state index contributed by atoms with van der Waals surface area (Å²) in [7, 11) is 0. The van der Waals surface area contributed by atoms with Crippen molar-refractivity contribution in [2.24, 2.45) is 5.73 Å². The summed E-state index contributed by atoms with van der Waals surface area (Å²) in [5.41, 5.74) is 1.16. The van der Waals surface area contributed by atoms with Crippen LogP contribution in [0.15, 0.2) is 66.7 Å². The first-order valence-corrected chi connectivity index (χ1v) is 14.9. The molecule has 4 rings (SSSR count). The standard InChI is InChI=1S/C34H34F7N3O4/c1-21-14-26(35)8-9-27(21)28-19-32(11-13-45,43-30(47)48-20-22-6-4-3-5-7-22)10-12-44(28)29(46)31(2,42)18-23-15-24(33(36,37)38)17-25(16-23)34(39,40)41/h3-9,13-17,28H,10-12,18-20,42H2,1-2H3,(H,43,47)/t28-,31?,32-/m1/s1. The minimum Gasteiger partial charge on any atom is -0.445 e. The number of halogens is 7. The van der Waals surface area contributed by atoms with Crippen molar-refractivity contribution in [1.82, 2.24) is 10.2 Å². The van der Waals surface area contributed by atoms with E-state index in [1.165, 1.54) is 24.0 Å². The summed E-state index contributed by atoms with van der Waals surface area (Å²) in [5.74, 6) is -1.38. The van der Waals surface area contributed by atoms with Gasteiger partial charge >= 0.3 is 18.4 Å². The molecular weight excluding hydrogens is 647 g/mol. The number of nitrogens with one attached hydrogen (secondary N) is 1. The largest absolute Gasteiger partial charge is 0.445 e. The Morgan fingerprint density at radius 2 is 1.60 bits per heavy atom. The number of piperidine rings is 1. The van der Waals surface area contributed by atoms with Gasteiger partial charge in [-0.15, -0.1) is 0 Å². The average molecular weight is 682 g/mol. The number of nitrogens with zero attached hydrogens (tertiary/aromatic N) is 1. The van der Waals surface area contributed by atoms with E-state index >= 15 is 0 Å². The maximum atomic E-state index is 14.1. The number of hydrogen-bond acceptors (Lipinski definition) is 5. The molecular formula is C34H34F7N3O4. The minimum absolute atomic E-state index is 0.0123. The van der Waals surface area contributed by atoms with E-state index in [4.69, 9.17) is 10.5 Å². The number of hydrogen-bond donors (Lipinski definition) is 2. The maximum absolute atomic E-state index is 14.1. The van der Waals surface area contributed by atoms with Crippen molar-refractivity contribution >= 4 is 18.3 Å². The number of likely N-dealkylation sites (tertiary alicyclic amines) is 1. The van der Waals surface area contributed by atoms with E-state index in [0.717, 1.165) is 6.07 Å². The lowest BCUT2D eigenvalue weighted by Crippen LogP contribution is -2.62. The Morgan fingerprint density at radius 1 is 0.979 bits per heavy atom. The van der Waals surface area contributed by atoms with Gasteiger partial charge in [0.25, 0.3) is 0 Å². The average Bonchev–Trinajstić information content (AvgIpc) is 2.99. The van der Waals surface area contributed by atoms with Crippen LogP contribution in [0, 0.1) is 12.7 Å². The number of ether oxygens (including phenoxy) is 1. The van der Waals surface area contributed by atoms with Crippen LogP contribution in [0.2, 0.25) is 0 Å². The zero-order valence-electron chi connectivity index (χ0n) is 26.1. The van der Waals surface area contributed by atoms with Crippen LogP contribution in [0.3, 0.4) is 0 Å². The van der Waals surface area contributed by atoms with Gasteiger partial charge in [-0.2, -0.15) is 26.3 Å². The number of alkyl carbamates (subject to hydrolysis) is 1. The van der Waals surface area contributed by atoms with Crippen molar-refractivity contribution < 1.29 is 49.9 Å². The van der Waals surface area contributed by atoms with Gasteiger partial charge < -0.3 is 25.5 Å². The molecule has 1 fully saturated rings. The molecule has 258 valence electrons. The summed E-state index contributed by atoms with van der Waals surface area (Å²) in [6.07, 6.45) is -11.3. The molecule has 0 aromatic heterocycles. The number of benzene rings is 3. The molecule has 3 N–H and O–H groups in total. The van der Waals surface area contributed by atoms with Crippen molar-refractivity contribution in [2.75, 3.05) is 6.54 Å². The number of alkyl halides is 6. The monoisotopic (exact) mass is 681 g/mol. The van der Waals surface area contributed by atoms with E-state index in [9.17, 15) is 45.1 Å². The molecule has 48 heavy (non-hydrogen) atoms. The molecule has 3 atom stereocenters. The lowest BCUT2D eigenvalue weighted by molar-refractivity contribution is -0.143. The molecule has 0 spiro atoms. The molecule has 1 heterocycles. The minimum atomic E-state index is -5.10. The first kappa shape index (κ1) is 36.4. The van der Waals surface area contributed by atoms with Crippen LogP contribution in [0.25, 0.3) is 0 Å². The lowest BCUT2D eigenvalue weighted by Gasteiger charge is -2.48. The van der Waals surface area contributed by atoms with Gasteiger partial charge in [-0.25, -0.2) is 9.18 Å². The number of carbonyl (C=O) groups is 3. The molecule has 14 heteroatoms. The Kier molecular flexibility index (Phi) is 10.6. The molecule has 0 saturated carbocycles. The van der Waals surface area contributed by atoms with Gasteiger partial charge in [0, 0.05) is 13.0 Å². The second-order valence-corrected chi connectivity index (χ2v) is 12.3. The molecule has 0 radical (unpaired) electrons. The number of aldehydes is 1. The molecule has 3 aromatic rings. The van der Waals surface area contributed by atoms with Gasteiger partial charge in [0.2, 0.25) is 5.91 Å². The van der Waals surface area contributed by atoms with Crippen molar-refractivity contribution in [3.63, 3.8) is 0 Å². The second kappa shape index (κ2) is 14.0. The van der Waals surface area contributed by atoms with Gasteiger partial charge in [0.15, 0.2) is 0 Å². The molecule has 1 saturated heterocycles. The molecule has 1 aliphatic heterocycles. The van der Waals surface area contributed by atoms with Gasteiger partial charge in [-0.05, 0) is 85.7 Å². The summed E-state index contributed by atoms with van der Waals surface area (Å²) in [6, 6.07) is 12.7. The van der Waals surface area contributed by atoms with Crippen LogP contribution in [-0.4, -0.2) is 40.8 Å². The van der Waals surface area contributed by atoms with Crippen LogP contribution in [0.5, 0.6) is 0 Å². The van der Waals surface area contributed by atoms with Crippen LogP contribution in [0.4, 0.5) is 35.5 Å². The van der Waals surface area contributed by atoms with E-state index in [1.54, 1.807) is 37.3 Å². The topological polar surface area (TPSA) is 102 Å². The molecule has 2 amide bonds. The first-order valence-electron chi connectivity index (χ1n) is 14.9. The zero-order valence-corrected chi connectivity index (χ0v) is 26.1. The maximum Gasteiger partial charge on any atom is 0.416 e. The fourth-order valence-electron chi connectivity index (χ4n) is 6.04. The molecule has 3 aromatic carbocycles. The van der Waals surface area contributed by atoms with Gasteiger partial charge in [-0.1, -0.05) is 36.4 Å². The van der Waals surface area contributed by atoms with E-state index in [-0.39, 0.29) is 38.5 Å². The van der Waals surface area contributed by atoms with E-state index in [1.807, 2.05) is 0 Å². The molecule has 0 bridgehead atoms. The Hall–Kier alpha value is -4.46. The highest BCUT2D eigenvalue weighted by Crippen LogP contribution is 2.41. The van der Waals surface area contributed by atoms with Crippen LogP contribution in [0.1, 0.15) is 65.6 Å². The summed E-state index contributed by atoms with van der Waals surface area (Å²) in [4.78, 5) is 40.2. The highest BCUT2D eigenvalue weighted by Gasteiger charge is 2.47. The smallest absolute Gasteiger partial charge is 0.416 e. The second-order valence-electron chi connectivity index (χ2n) is 12.3. The molecule has 7 nitrogen and oxygen atoms in total. The number of nitrogens with two attached hydrogens (primary N) is 1. The number of aryl methyl sites for hydroxylation is 1. The third-order valence-corrected chi connectivity index (χ3v) is 8.40. The number of amides is 2. The fourth-order valence-corrected chi connectivity index (χ4v) is 6.04. The normalized spacial score (nSPS) is 19.7. The van der Waals surface area contributed by atoms with Crippen molar-refractivity contribution in [1.29, 1.82) is 0 Å². The predicted octanol–water partition coefficient (Wildman–Crippen LogP) is 7.05. The van der Waals surface area contributed by atoms with Crippen LogP contribution < -0.4 is 11.1 Å². The number of carbonyl (C=O) groups excluding carboxylic acids is 3. The van der Waals surface area contributed by atoms with Crippen LogP contribution in [-0.2, 0) is 39.7 Å². The van der Waals surface area contributed by atoms with Crippen molar-refractivity contribution in [3.05, 3.63) is 106 Å². The third kappa shape index (κ3) is 8.71. The Balaban J connectivity index is 1.66. The van der Waals surface area contributed by atoms with E-state index in [0.29, 0.717) is 35.1 Å². The third-order valence-electron chi connectivity index (χ3n) is 8.40. The number of rotatable bonds is 9. The summed E-state index contributed by atoms with van der Waals surface area (Å²) in [6.45, 7) is 2.59.